The Morgan fingerprint density at radius 1 is 1.11 bits per heavy atom. The van der Waals surface area contributed by atoms with Gasteiger partial charge in [-0.2, -0.15) is 0 Å². The molecule has 0 aliphatic carbocycles. The van der Waals surface area contributed by atoms with E-state index in [1.54, 1.807) is 48.7 Å². The number of amides is 2. The summed E-state index contributed by atoms with van der Waals surface area (Å²) in [6.07, 6.45) is 0.129. The van der Waals surface area contributed by atoms with E-state index in [0.29, 0.717) is 16.4 Å². The molecule has 1 aromatic heterocycles. The number of nitrogens with one attached hydrogen (secondary N) is 2. The van der Waals surface area contributed by atoms with Crippen LogP contribution in [0.25, 0.3) is 11.3 Å². The smallest absolute Gasteiger partial charge is 0.251 e. The molecule has 3 aromatic rings. The molecule has 2 aromatic carbocycles. The normalized spacial score (nSPS) is 11.6. The molecule has 1 unspecified atom stereocenters. The molecule has 7 heteroatoms. The Kier molecular flexibility index (Phi) is 5.93. The van der Waals surface area contributed by atoms with Crippen molar-refractivity contribution in [3.63, 3.8) is 0 Å². The van der Waals surface area contributed by atoms with Gasteiger partial charge in [-0.05, 0) is 43.3 Å². The Morgan fingerprint density at radius 2 is 1.81 bits per heavy atom. The quantitative estimate of drug-likeness (QED) is 0.673. The average molecular weight is 383 g/mol. The van der Waals surface area contributed by atoms with Gasteiger partial charge in [0, 0.05) is 29.0 Å². The number of benzene rings is 2. The number of thiazole rings is 1. The van der Waals surface area contributed by atoms with Crippen LogP contribution in [0.5, 0.6) is 0 Å². The summed E-state index contributed by atoms with van der Waals surface area (Å²) in [5, 5.41) is 7.78. The molecule has 1 heterocycles. The van der Waals surface area contributed by atoms with Crippen LogP contribution < -0.4 is 10.6 Å². The molecule has 3 rings (SSSR count). The van der Waals surface area contributed by atoms with Crippen molar-refractivity contribution in [2.24, 2.45) is 0 Å². The molecule has 0 radical (unpaired) electrons. The highest BCUT2D eigenvalue weighted by atomic mass is 32.1. The monoisotopic (exact) mass is 383 g/mol. The van der Waals surface area contributed by atoms with Crippen LogP contribution in [0.15, 0.2) is 60.0 Å². The van der Waals surface area contributed by atoms with E-state index in [4.69, 9.17) is 0 Å². The maximum Gasteiger partial charge on any atom is 0.251 e. The molecule has 0 saturated heterocycles. The minimum Gasteiger partial charge on any atom is -0.349 e. The van der Waals surface area contributed by atoms with Crippen molar-refractivity contribution in [3.8, 4) is 11.3 Å². The van der Waals surface area contributed by atoms with E-state index in [2.05, 4.69) is 15.6 Å². The third-order valence-corrected chi connectivity index (χ3v) is 4.55. The molecule has 0 fully saturated rings. The summed E-state index contributed by atoms with van der Waals surface area (Å²) >= 11 is 1.29. The molecular weight excluding hydrogens is 365 g/mol. The third-order valence-electron chi connectivity index (χ3n) is 3.80. The van der Waals surface area contributed by atoms with E-state index in [0.717, 1.165) is 5.56 Å². The maximum absolute atomic E-state index is 13.0. The summed E-state index contributed by atoms with van der Waals surface area (Å²) in [6.45, 7) is 1.77. The molecule has 2 amide bonds. The summed E-state index contributed by atoms with van der Waals surface area (Å²) in [5.74, 6) is -0.770. The van der Waals surface area contributed by atoms with E-state index in [-0.39, 0.29) is 30.1 Å². The molecule has 5 nitrogen and oxygen atoms in total. The van der Waals surface area contributed by atoms with Crippen LogP contribution in [0.2, 0.25) is 0 Å². The second kappa shape index (κ2) is 8.55. The molecule has 138 valence electrons. The second-order valence-electron chi connectivity index (χ2n) is 6.04. The van der Waals surface area contributed by atoms with Gasteiger partial charge in [0.25, 0.3) is 5.91 Å². The van der Waals surface area contributed by atoms with E-state index in [9.17, 15) is 14.0 Å². The minimum absolute atomic E-state index is 0.129. The van der Waals surface area contributed by atoms with Gasteiger partial charge in [0.1, 0.15) is 5.82 Å². The number of carbonyl (C=O) groups excluding carboxylic acids is 2. The van der Waals surface area contributed by atoms with Crippen LogP contribution in [-0.2, 0) is 4.79 Å². The molecule has 1 atom stereocenters. The van der Waals surface area contributed by atoms with Crippen molar-refractivity contribution in [2.45, 2.75) is 19.4 Å². The first kappa shape index (κ1) is 18.7. The summed E-state index contributed by atoms with van der Waals surface area (Å²) in [4.78, 5) is 28.6. The van der Waals surface area contributed by atoms with Crippen LogP contribution in [0, 0.1) is 5.82 Å². The number of halogens is 1. The maximum atomic E-state index is 13.0. The van der Waals surface area contributed by atoms with Gasteiger partial charge >= 0.3 is 0 Å². The first-order valence-corrected chi connectivity index (χ1v) is 9.26. The lowest BCUT2D eigenvalue weighted by atomic mass is 10.1. The predicted molar refractivity (Wildman–Crippen MR) is 104 cm³/mol. The number of aromatic nitrogens is 1. The summed E-state index contributed by atoms with van der Waals surface area (Å²) < 4.78 is 13.0. The van der Waals surface area contributed by atoms with Gasteiger partial charge in [-0.1, -0.05) is 18.2 Å². The second-order valence-corrected chi connectivity index (χ2v) is 6.90. The van der Waals surface area contributed by atoms with Crippen molar-refractivity contribution in [1.82, 2.24) is 10.3 Å². The minimum atomic E-state index is -0.325. The largest absolute Gasteiger partial charge is 0.349 e. The van der Waals surface area contributed by atoms with Crippen LogP contribution in [0.4, 0.5) is 9.52 Å². The Morgan fingerprint density at radius 3 is 2.52 bits per heavy atom. The predicted octanol–water partition coefficient (Wildman–Crippen LogP) is 4.10. The zero-order valence-corrected chi connectivity index (χ0v) is 15.4. The standard InChI is InChI=1S/C20H18FN3O2S/c1-13(22-19(26)15-5-3-2-4-6-15)11-18(25)24-20-23-17(12-27-20)14-7-9-16(21)10-8-14/h2-10,12-13H,11H2,1H3,(H,22,26)(H,23,24,25). The van der Waals surface area contributed by atoms with Gasteiger partial charge in [0.2, 0.25) is 5.91 Å². The van der Waals surface area contributed by atoms with Crippen LogP contribution in [0.1, 0.15) is 23.7 Å². The number of anilines is 1. The van der Waals surface area contributed by atoms with Crippen LogP contribution >= 0.6 is 11.3 Å². The Labute approximate surface area is 160 Å². The highest BCUT2D eigenvalue weighted by Gasteiger charge is 2.14. The van der Waals surface area contributed by atoms with Crippen molar-refractivity contribution in [3.05, 3.63) is 71.4 Å². The van der Waals surface area contributed by atoms with Crippen molar-refractivity contribution < 1.29 is 14.0 Å². The Bertz CT molecular complexity index is 926. The van der Waals surface area contributed by atoms with E-state index in [1.807, 2.05) is 6.07 Å². The molecule has 0 saturated carbocycles. The molecule has 0 aliphatic heterocycles. The lowest BCUT2D eigenvalue weighted by molar-refractivity contribution is -0.116. The topological polar surface area (TPSA) is 71.1 Å². The first-order valence-electron chi connectivity index (χ1n) is 8.38. The van der Waals surface area contributed by atoms with E-state index in [1.165, 1.54) is 23.5 Å². The van der Waals surface area contributed by atoms with Gasteiger partial charge in [-0.25, -0.2) is 9.37 Å². The average Bonchev–Trinajstić information content (AvgIpc) is 3.11. The van der Waals surface area contributed by atoms with Crippen molar-refractivity contribution >= 4 is 28.3 Å². The fourth-order valence-corrected chi connectivity index (χ4v) is 3.22. The number of rotatable bonds is 6. The van der Waals surface area contributed by atoms with Crippen LogP contribution in [-0.4, -0.2) is 22.8 Å². The van der Waals surface area contributed by atoms with Gasteiger partial charge < -0.3 is 10.6 Å². The van der Waals surface area contributed by atoms with Crippen molar-refractivity contribution in [2.75, 3.05) is 5.32 Å². The molecular formula is C20H18FN3O2S. The zero-order valence-electron chi connectivity index (χ0n) is 14.6. The lowest BCUT2D eigenvalue weighted by Gasteiger charge is -2.13. The fraction of sp³-hybridized carbons (Fsp3) is 0.150. The summed E-state index contributed by atoms with van der Waals surface area (Å²) in [5.41, 5.74) is 1.99. The fourth-order valence-electron chi connectivity index (χ4n) is 2.48. The molecule has 2 N–H and O–H groups in total. The van der Waals surface area contributed by atoms with Gasteiger partial charge in [-0.3, -0.25) is 9.59 Å². The highest BCUT2D eigenvalue weighted by Crippen LogP contribution is 2.25. The summed E-state index contributed by atoms with van der Waals surface area (Å²) in [6, 6.07) is 14.5. The Hall–Kier alpha value is -3.06. The van der Waals surface area contributed by atoms with Gasteiger partial charge in [-0.15, -0.1) is 11.3 Å². The third kappa shape index (κ3) is 5.21. The highest BCUT2D eigenvalue weighted by molar-refractivity contribution is 7.14. The number of hydrogen-bond acceptors (Lipinski definition) is 4. The molecule has 0 bridgehead atoms. The first-order chi connectivity index (χ1) is 13.0. The molecule has 0 aliphatic rings. The van der Waals surface area contributed by atoms with Crippen LogP contribution in [0.3, 0.4) is 0 Å². The zero-order chi connectivity index (χ0) is 19.2. The van der Waals surface area contributed by atoms with E-state index >= 15 is 0 Å². The summed E-state index contributed by atoms with van der Waals surface area (Å²) in [7, 11) is 0. The molecule has 27 heavy (non-hydrogen) atoms. The number of carbonyl (C=O) groups is 2. The number of hydrogen-bond donors (Lipinski definition) is 2. The number of nitrogens with zero attached hydrogens (tertiary/aromatic N) is 1. The van der Waals surface area contributed by atoms with Gasteiger partial charge in [0.05, 0.1) is 5.69 Å². The van der Waals surface area contributed by atoms with Crippen molar-refractivity contribution in [1.29, 1.82) is 0 Å². The van der Waals surface area contributed by atoms with E-state index < -0.39 is 0 Å². The Balaban J connectivity index is 1.53. The van der Waals surface area contributed by atoms with Gasteiger partial charge in [0.15, 0.2) is 5.13 Å². The lowest BCUT2D eigenvalue weighted by Crippen LogP contribution is -2.35. The SMILES string of the molecule is CC(CC(=O)Nc1nc(-c2ccc(F)cc2)cs1)NC(=O)c1ccccc1. The molecule has 0 spiro atoms.